The van der Waals surface area contributed by atoms with Crippen LogP contribution < -0.4 is 14.5 Å². The highest BCUT2D eigenvalue weighted by molar-refractivity contribution is 6.32. The number of alkyl halides is 6. The molecule has 4 amide bonds. The van der Waals surface area contributed by atoms with Crippen LogP contribution >= 0.6 is 11.6 Å². The smallest absolute Gasteiger partial charge is 0.416 e. The highest BCUT2D eigenvalue weighted by Gasteiger charge is 2.67. The molecular weight excluding hydrogens is 725 g/mol. The normalized spacial score (nSPS) is 27.4. The number of phenolic OH excluding ortho intramolecular Hbond substituents is 1. The number of allylic oxidation sites excluding steroid dienone is 2. The average molecular weight is 751 g/mol. The molecule has 0 spiro atoms. The Morgan fingerprint density at radius 1 is 0.827 bits per heavy atom. The summed E-state index contributed by atoms with van der Waals surface area (Å²) in [5, 5.41) is 10.4. The largest absolute Gasteiger partial charge is 0.504 e. The molecule has 2 aliphatic heterocycles. The lowest BCUT2D eigenvalue weighted by molar-refractivity contribution is -0.143. The van der Waals surface area contributed by atoms with Gasteiger partial charge < -0.3 is 9.84 Å². The van der Waals surface area contributed by atoms with Gasteiger partial charge in [0.05, 0.1) is 57.8 Å². The lowest BCUT2D eigenvalue weighted by Gasteiger charge is -2.49. The van der Waals surface area contributed by atoms with Crippen LogP contribution in [0, 0.1) is 34.9 Å². The van der Waals surface area contributed by atoms with Crippen molar-refractivity contribution >= 4 is 46.6 Å². The molecule has 272 valence electrons. The predicted octanol–water partition coefficient (Wildman–Crippen LogP) is 7.67. The molecule has 2 saturated heterocycles. The number of amides is 4. The van der Waals surface area contributed by atoms with Crippen molar-refractivity contribution in [2.75, 3.05) is 16.9 Å². The molecule has 0 radical (unpaired) electrons. The van der Waals surface area contributed by atoms with Gasteiger partial charge in [-0.2, -0.15) is 26.3 Å². The number of rotatable bonds is 4. The molecule has 4 aliphatic rings. The molecule has 3 aromatic rings. The van der Waals surface area contributed by atoms with Gasteiger partial charge in [0.25, 0.3) is 0 Å². The van der Waals surface area contributed by atoms with E-state index in [-0.39, 0.29) is 41.1 Å². The summed E-state index contributed by atoms with van der Waals surface area (Å²) in [5.74, 6) is -10.3. The quantitative estimate of drug-likeness (QED) is 0.167. The first-order valence-corrected chi connectivity index (χ1v) is 16.2. The van der Waals surface area contributed by atoms with Crippen LogP contribution in [-0.2, 0) is 31.5 Å². The van der Waals surface area contributed by atoms with Crippen molar-refractivity contribution in [2.24, 2.45) is 29.1 Å². The minimum Gasteiger partial charge on any atom is -0.504 e. The minimum atomic E-state index is -5.25. The van der Waals surface area contributed by atoms with Crippen LogP contribution in [0.3, 0.4) is 0 Å². The first-order chi connectivity index (χ1) is 24.3. The molecule has 3 fully saturated rings. The number of carbonyl (C=O) groups is 4. The zero-order valence-electron chi connectivity index (χ0n) is 27.0. The molecule has 6 unspecified atom stereocenters. The number of nitrogens with zero attached hydrogens (tertiary/aromatic N) is 2. The number of carbonyl (C=O) groups excluding carboxylic acids is 4. The number of hydrogen-bond donors (Lipinski definition) is 1. The summed E-state index contributed by atoms with van der Waals surface area (Å²) in [4.78, 5) is 58.0. The van der Waals surface area contributed by atoms with Crippen molar-refractivity contribution in [1.82, 2.24) is 0 Å². The van der Waals surface area contributed by atoms with Crippen LogP contribution in [0.1, 0.15) is 42.4 Å². The molecular formula is C36H26ClF7N2O6. The highest BCUT2D eigenvalue weighted by Crippen LogP contribution is 2.64. The number of methoxy groups -OCH3 is 1. The summed E-state index contributed by atoms with van der Waals surface area (Å²) in [6.45, 7) is 1.54. The van der Waals surface area contributed by atoms with E-state index in [1.54, 1.807) is 12.1 Å². The van der Waals surface area contributed by atoms with Crippen molar-refractivity contribution in [1.29, 1.82) is 0 Å². The molecule has 6 atom stereocenters. The van der Waals surface area contributed by atoms with Gasteiger partial charge in [0.15, 0.2) is 11.5 Å². The van der Waals surface area contributed by atoms with Crippen LogP contribution in [0.5, 0.6) is 11.5 Å². The van der Waals surface area contributed by atoms with Gasteiger partial charge in [-0.05, 0) is 79.8 Å². The number of halogens is 8. The van der Waals surface area contributed by atoms with Gasteiger partial charge in [-0.15, -0.1) is 0 Å². The predicted molar refractivity (Wildman–Crippen MR) is 170 cm³/mol. The number of benzene rings is 3. The van der Waals surface area contributed by atoms with E-state index in [0.29, 0.717) is 28.2 Å². The zero-order chi connectivity index (χ0) is 37.8. The molecule has 2 heterocycles. The summed E-state index contributed by atoms with van der Waals surface area (Å²) >= 11 is 6.00. The van der Waals surface area contributed by atoms with Gasteiger partial charge >= 0.3 is 12.4 Å². The minimum absolute atomic E-state index is 0.0357. The highest BCUT2D eigenvalue weighted by atomic mass is 35.5. The van der Waals surface area contributed by atoms with E-state index in [9.17, 15) is 55.0 Å². The second kappa shape index (κ2) is 11.8. The molecule has 1 N–H and O–H groups in total. The van der Waals surface area contributed by atoms with E-state index in [1.165, 1.54) is 32.2 Å². The van der Waals surface area contributed by atoms with E-state index in [0.717, 1.165) is 17.0 Å². The monoisotopic (exact) mass is 750 g/mol. The number of aromatic hydroxyl groups is 1. The Morgan fingerprint density at radius 2 is 1.48 bits per heavy atom. The summed E-state index contributed by atoms with van der Waals surface area (Å²) < 4.78 is 102. The van der Waals surface area contributed by atoms with Crippen LogP contribution in [0.2, 0.25) is 5.02 Å². The Hall–Kier alpha value is -4.92. The van der Waals surface area contributed by atoms with Gasteiger partial charge in [0.1, 0.15) is 5.82 Å². The van der Waals surface area contributed by atoms with E-state index >= 15 is 0 Å². The maximum absolute atomic E-state index is 14.5. The average Bonchev–Trinajstić information content (AvgIpc) is 3.44. The Balaban J connectivity index is 1.36. The Labute approximate surface area is 295 Å². The van der Waals surface area contributed by atoms with E-state index < -0.39 is 93.6 Å². The molecule has 0 aromatic heterocycles. The summed E-state index contributed by atoms with van der Waals surface area (Å²) in [6, 6.07) is 8.07. The van der Waals surface area contributed by atoms with Gasteiger partial charge in [0.2, 0.25) is 23.6 Å². The van der Waals surface area contributed by atoms with Crippen LogP contribution in [0.25, 0.3) is 0 Å². The molecule has 52 heavy (non-hydrogen) atoms. The number of fused-ring (bicyclic) bond motifs is 4. The molecule has 0 bridgehead atoms. The molecule has 1 saturated carbocycles. The van der Waals surface area contributed by atoms with Crippen molar-refractivity contribution in [3.63, 3.8) is 0 Å². The maximum atomic E-state index is 14.5. The molecule has 8 nitrogen and oxygen atoms in total. The number of anilines is 2. The first kappa shape index (κ1) is 35.5. The third kappa shape index (κ3) is 5.18. The van der Waals surface area contributed by atoms with Crippen LogP contribution in [0.4, 0.5) is 42.1 Å². The van der Waals surface area contributed by atoms with Crippen LogP contribution in [-0.4, -0.2) is 35.8 Å². The van der Waals surface area contributed by atoms with E-state index in [2.05, 4.69) is 0 Å². The van der Waals surface area contributed by atoms with Crippen molar-refractivity contribution in [3.8, 4) is 11.5 Å². The fourth-order valence-electron chi connectivity index (χ4n) is 8.47. The van der Waals surface area contributed by atoms with Gasteiger partial charge in [-0.25, -0.2) is 14.2 Å². The lowest BCUT2D eigenvalue weighted by Crippen LogP contribution is -2.48. The number of phenols is 1. The van der Waals surface area contributed by atoms with Crippen molar-refractivity contribution in [3.05, 3.63) is 93.8 Å². The second-order valence-corrected chi connectivity index (χ2v) is 13.9. The van der Waals surface area contributed by atoms with Crippen molar-refractivity contribution in [2.45, 2.75) is 38.0 Å². The maximum Gasteiger partial charge on any atom is 0.416 e. The van der Waals surface area contributed by atoms with E-state index in [1.807, 2.05) is 0 Å². The van der Waals surface area contributed by atoms with Gasteiger partial charge in [-0.3, -0.25) is 19.2 Å². The number of hydrogen-bond acceptors (Lipinski definition) is 6. The topological polar surface area (TPSA) is 104 Å². The summed E-state index contributed by atoms with van der Waals surface area (Å²) in [6.07, 6.45) is -9.26. The van der Waals surface area contributed by atoms with Crippen molar-refractivity contribution < 1.29 is 59.8 Å². The SMILES string of the molecule is COc1ccc(C2C3=CCC4C(=O)N(c5cc(C(F)(F)F)cc(C(F)(F)F)c5)C(=O)C4C3CC3C(=O)N(c4ccc(F)c(Cl)c4)C(=O)C32C)cc1O. The molecule has 16 heteroatoms. The zero-order valence-corrected chi connectivity index (χ0v) is 27.7. The standard InChI is InChI=1S/C36H26ClF7N2O6/c1-34-23(31(49)46(33(34)51)18-4-7-25(38)24(37)13-18)14-22-20(29(34)15-3-8-27(52-2)26(47)9-15)5-6-21-28(22)32(50)45(30(21)48)19-11-16(35(39,40)41)10-17(12-19)36(42,43)44/h3-5,7-13,21-23,28-29,47H,6,14H2,1-2H3. The lowest BCUT2D eigenvalue weighted by atomic mass is 9.51. The molecule has 3 aromatic carbocycles. The summed E-state index contributed by atoms with van der Waals surface area (Å²) in [7, 11) is 1.31. The fourth-order valence-corrected chi connectivity index (χ4v) is 8.65. The summed E-state index contributed by atoms with van der Waals surface area (Å²) in [5.41, 5.74) is -5.22. The Kier molecular flexibility index (Phi) is 8.05. The number of ether oxygens (including phenoxy) is 1. The first-order valence-electron chi connectivity index (χ1n) is 15.9. The van der Waals surface area contributed by atoms with E-state index in [4.69, 9.17) is 16.3 Å². The Bertz CT molecular complexity index is 2080. The molecule has 7 rings (SSSR count). The fraction of sp³-hybridized carbons (Fsp3) is 0.333. The third-order valence-corrected chi connectivity index (χ3v) is 11.1. The Morgan fingerprint density at radius 3 is 2.06 bits per heavy atom. The second-order valence-electron chi connectivity index (χ2n) is 13.5. The third-order valence-electron chi connectivity index (χ3n) is 10.8. The van der Waals surface area contributed by atoms with Gasteiger partial charge in [-0.1, -0.05) is 29.3 Å². The molecule has 2 aliphatic carbocycles. The van der Waals surface area contributed by atoms with Crippen LogP contribution in [0.15, 0.2) is 66.2 Å². The number of imide groups is 2. The van der Waals surface area contributed by atoms with Gasteiger partial charge in [0, 0.05) is 5.92 Å².